The Kier molecular flexibility index (Phi) is 2.80. The van der Waals surface area contributed by atoms with Crippen LogP contribution in [0.5, 0.6) is 5.75 Å². The number of hydrogen-bond acceptors (Lipinski definition) is 1. The van der Waals surface area contributed by atoms with Crippen LogP contribution in [0.15, 0.2) is 24.3 Å². The van der Waals surface area contributed by atoms with Crippen LogP contribution in [0.25, 0.3) is 0 Å². The third-order valence-corrected chi connectivity index (χ3v) is 1.33. The van der Waals surface area contributed by atoms with E-state index in [0.29, 0.717) is 6.92 Å². The number of benzene rings is 1. The number of halogens is 3. The summed E-state index contributed by atoms with van der Waals surface area (Å²) in [4.78, 5) is 0. The van der Waals surface area contributed by atoms with Gasteiger partial charge in [-0.2, -0.15) is 13.2 Å². The van der Waals surface area contributed by atoms with Gasteiger partial charge >= 0.3 is 12.3 Å². The molecule has 0 aliphatic heterocycles. The molecule has 0 amide bonds. The maximum Gasteiger partial charge on any atom is 0.310 e. The Balaban J connectivity index is 2.61. The van der Waals surface area contributed by atoms with E-state index in [1.54, 1.807) is 0 Å². The Hall–Kier alpha value is -1.19. The van der Waals surface area contributed by atoms with Crippen molar-refractivity contribution in [2.75, 3.05) is 0 Å². The summed E-state index contributed by atoms with van der Waals surface area (Å²) in [6, 6.07) is 8.28. The lowest BCUT2D eigenvalue weighted by Gasteiger charge is -2.16. The highest BCUT2D eigenvalue weighted by Crippen LogP contribution is 2.23. The van der Waals surface area contributed by atoms with Gasteiger partial charge in [-0.15, -0.1) is 0 Å². The van der Waals surface area contributed by atoms with Gasteiger partial charge in [-0.25, -0.2) is 0 Å². The fourth-order valence-electron chi connectivity index (χ4n) is 0.673. The molecule has 0 N–H and O–H groups in total. The van der Waals surface area contributed by atoms with Crippen LogP contribution in [0, 0.1) is 6.07 Å². The van der Waals surface area contributed by atoms with Gasteiger partial charge in [0, 0.05) is 6.92 Å². The van der Waals surface area contributed by atoms with Crippen molar-refractivity contribution in [3.05, 3.63) is 30.3 Å². The quantitative estimate of drug-likeness (QED) is 0.710. The van der Waals surface area contributed by atoms with Gasteiger partial charge in [0.05, 0.1) is 0 Å². The van der Waals surface area contributed by atoms with Crippen LogP contribution in [0.1, 0.15) is 6.92 Å². The van der Waals surface area contributed by atoms with Crippen LogP contribution >= 0.6 is 0 Å². The van der Waals surface area contributed by atoms with Crippen molar-refractivity contribution in [1.29, 1.82) is 0 Å². The molecule has 71 valence electrons. The molecule has 1 nitrogen and oxygen atoms in total. The van der Waals surface area contributed by atoms with Gasteiger partial charge in [0.25, 0.3) is 0 Å². The van der Waals surface area contributed by atoms with E-state index in [4.69, 9.17) is 0 Å². The first-order chi connectivity index (χ1) is 6.00. The van der Waals surface area contributed by atoms with E-state index in [9.17, 15) is 13.2 Å². The van der Waals surface area contributed by atoms with Crippen molar-refractivity contribution in [2.24, 2.45) is 0 Å². The topological polar surface area (TPSA) is 9.23 Å². The first kappa shape index (κ1) is 9.89. The minimum absolute atomic E-state index is 0.0628. The van der Waals surface area contributed by atoms with Gasteiger partial charge < -0.3 is 4.74 Å². The average Bonchev–Trinajstić information content (AvgIpc) is 2.04. The highest BCUT2D eigenvalue weighted by Gasteiger charge is 2.36. The van der Waals surface area contributed by atoms with E-state index >= 15 is 0 Å². The van der Waals surface area contributed by atoms with Gasteiger partial charge in [-0.1, -0.05) is 12.1 Å². The molecule has 1 atom stereocenters. The van der Waals surface area contributed by atoms with Gasteiger partial charge in [-0.05, 0) is 18.2 Å². The van der Waals surface area contributed by atoms with Crippen molar-refractivity contribution in [3.63, 3.8) is 0 Å². The van der Waals surface area contributed by atoms with Crippen LogP contribution in [0.3, 0.4) is 0 Å². The van der Waals surface area contributed by atoms with E-state index < -0.39 is 12.3 Å². The lowest BCUT2D eigenvalue weighted by Crippen LogP contribution is -2.31. The van der Waals surface area contributed by atoms with Crippen LogP contribution < -0.4 is 4.74 Å². The smallest absolute Gasteiger partial charge is 0.310 e. The Morgan fingerprint density at radius 2 is 1.92 bits per heavy atom. The maximum atomic E-state index is 12.6. The maximum absolute atomic E-state index is 12.6. The molecule has 13 heavy (non-hydrogen) atoms. The SMILES string of the molecule is CC(F)(F)C(F)Oc1cc[c]cc1. The van der Waals surface area contributed by atoms with E-state index in [1.165, 1.54) is 24.3 Å². The molecule has 1 aromatic rings. The first-order valence-corrected chi connectivity index (χ1v) is 3.65. The van der Waals surface area contributed by atoms with Gasteiger partial charge in [0.1, 0.15) is 5.75 Å². The zero-order chi connectivity index (χ0) is 9.90. The molecule has 0 aliphatic rings. The summed E-state index contributed by atoms with van der Waals surface area (Å²) >= 11 is 0. The second-order valence-corrected chi connectivity index (χ2v) is 2.63. The van der Waals surface area contributed by atoms with Gasteiger partial charge in [-0.3, -0.25) is 0 Å². The summed E-state index contributed by atoms with van der Waals surface area (Å²) < 4.78 is 41.5. The number of ether oxygens (including phenoxy) is 1. The van der Waals surface area contributed by atoms with Crippen LogP contribution in [-0.2, 0) is 0 Å². The molecular formula is C9H8F3O. The first-order valence-electron chi connectivity index (χ1n) is 3.65. The van der Waals surface area contributed by atoms with Crippen molar-refractivity contribution < 1.29 is 17.9 Å². The number of rotatable bonds is 3. The lowest BCUT2D eigenvalue weighted by molar-refractivity contribution is -0.141. The Labute approximate surface area is 74.1 Å². The fraction of sp³-hybridized carbons (Fsp3) is 0.333. The Morgan fingerprint density at radius 3 is 2.38 bits per heavy atom. The van der Waals surface area contributed by atoms with Crippen LogP contribution in [0.2, 0.25) is 0 Å². The largest absolute Gasteiger partial charge is 0.454 e. The molecule has 0 saturated carbocycles. The molecule has 1 rings (SSSR count). The molecule has 0 saturated heterocycles. The summed E-state index contributed by atoms with van der Waals surface area (Å²) in [5, 5.41) is 0. The van der Waals surface area contributed by atoms with Crippen molar-refractivity contribution in [2.45, 2.75) is 19.2 Å². The summed E-state index contributed by atoms with van der Waals surface area (Å²) in [5.74, 6) is -3.42. The molecule has 0 aliphatic carbocycles. The molecule has 0 heterocycles. The number of alkyl halides is 3. The van der Waals surface area contributed by atoms with E-state index in [2.05, 4.69) is 10.8 Å². The van der Waals surface area contributed by atoms with E-state index in [-0.39, 0.29) is 5.75 Å². The molecule has 0 aromatic heterocycles. The predicted octanol–water partition coefficient (Wildman–Crippen LogP) is 2.82. The predicted molar refractivity (Wildman–Crippen MR) is 41.4 cm³/mol. The summed E-state index contributed by atoms with van der Waals surface area (Å²) in [5.41, 5.74) is 0. The van der Waals surface area contributed by atoms with E-state index in [0.717, 1.165) is 0 Å². The molecule has 0 fully saturated rings. The molecule has 4 heteroatoms. The number of hydrogen-bond donors (Lipinski definition) is 0. The van der Waals surface area contributed by atoms with E-state index in [1.807, 2.05) is 0 Å². The zero-order valence-corrected chi connectivity index (χ0v) is 6.93. The van der Waals surface area contributed by atoms with Gasteiger partial charge in [0.2, 0.25) is 0 Å². The van der Waals surface area contributed by atoms with Crippen LogP contribution in [0.4, 0.5) is 13.2 Å². The van der Waals surface area contributed by atoms with Crippen molar-refractivity contribution >= 4 is 0 Å². The summed E-state index contributed by atoms with van der Waals surface area (Å²) in [6.07, 6.45) is -2.62. The fourth-order valence-corrected chi connectivity index (χ4v) is 0.673. The molecule has 1 radical (unpaired) electrons. The zero-order valence-electron chi connectivity index (χ0n) is 6.93. The molecule has 1 unspecified atom stereocenters. The Bertz CT molecular complexity index is 255. The van der Waals surface area contributed by atoms with Crippen LogP contribution in [-0.4, -0.2) is 12.3 Å². The third-order valence-electron chi connectivity index (χ3n) is 1.33. The van der Waals surface area contributed by atoms with Crippen molar-refractivity contribution in [3.8, 4) is 5.75 Å². The third kappa shape index (κ3) is 2.97. The minimum atomic E-state index is -3.49. The van der Waals surface area contributed by atoms with Crippen molar-refractivity contribution in [1.82, 2.24) is 0 Å². The monoisotopic (exact) mass is 189 g/mol. The molecule has 0 bridgehead atoms. The molecule has 0 spiro atoms. The lowest BCUT2D eigenvalue weighted by atomic mass is 10.3. The highest BCUT2D eigenvalue weighted by atomic mass is 19.3. The molecule has 1 aromatic carbocycles. The second-order valence-electron chi connectivity index (χ2n) is 2.63. The molecular weight excluding hydrogens is 181 g/mol. The Morgan fingerprint density at radius 1 is 1.38 bits per heavy atom. The minimum Gasteiger partial charge on any atom is -0.454 e. The summed E-state index contributed by atoms with van der Waals surface area (Å²) in [7, 11) is 0. The highest BCUT2D eigenvalue weighted by molar-refractivity contribution is 5.20. The average molecular weight is 189 g/mol. The second kappa shape index (κ2) is 3.68. The summed E-state index contributed by atoms with van der Waals surface area (Å²) in [6.45, 7) is 0.465. The van der Waals surface area contributed by atoms with Gasteiger partial charge in [0.15, 0.2) is 0 Å². The normalized spacial score (nSPS) is 13.8. The standard InChI is InChI=1S/C9H8F3O/c1-9(11,12)8(10)13-7-5-3-2-4-6-7/h3-6,8H,1H3.